The molecule has 2 aromatic carbocycles. The number of benzene rings is 2. The highest BCUT2D eigenvalue weighted by atomic mass is 35.5. The lowest BCUT2D eigenvalue weighted by Crippen LogP contribution is -2.24. The summed E-state index contributed by atoms with van der Waals surface area (Å²) in [5.74, 6) is -0.897. The molecule has 3 rings (SSSR count). The summed E-state index contributed by atoms with van der Waals surface area (Å²) in [6.07, 6.45) is 1.42. The fraction of sp³-hybridized carbons (Fsp3) is 0.238. The van der Waals surface area contributed by atoms with Crippen LogP contribution in [-0.2, 0) is 16.5 Å². The minimum atomic E-state index is -2.76. The Hall–Kier alpha value is -2.71. The average Bonchev–Trinajstić information content (AvgIpc) is 2.68. The second-order valence-corrected chi connectivity index (χ2v) is 8.50. The van der Waals surface area contributed by atoms with Crippen LogP contribution in [0.3, 0.4) is 0 Å². The zero-order chi connectivity index (χ0) is 21.8. The van der Waals surface area contributed by atoms with Crippen molar-refractivity contribution in [1.82, 2.24) is 9.78 Å². The normalized spacial score (nSPS) is 11.3. The summed E-state index contributed by atoms with van der Waals surface area (Å²) < 4.78 is 43.2. The molecule has 9 heteroatoms. The Labute approximate surface area is 179 Å². The van der Waals surface area contributed by atoms with Gasteiger partial charge in [0.1, 0.15) is 16.5 Å². The maximum atomic E-state index is 14.4. The first-order valence-electron chi connectivity index (χ1n) is 9.18. The summed E-state index contributed by atoms with van der Waals surface area (Å²) in [5, 5.41) is 4.65. The molecule has 0 aliphatic rings. The van der Waals surface area contributed by atoms with Gasteiger partial charge in [-0.15, -0.1) is 0 Å². The van der Waals surface area contributed by atoms with E-state index in [2.05, 4.69) is 5.10 Å². The molecule has 0 fully saturated rings. The van der Waals surface area contributed by atoms with Gasteiger partial charge in [0.05, 0.1) is 24.2 Å². The largest absolute Gasteiger partial charge is 0.487 e. The van der Waals surface area contributed by atoms with Crippen molar-refractivity contribution in [1.29, 1.82) is 0 Å². The van der Waals surface area contributed by atoms with E-state index in [1.54, 1.807) is 30.3 Å². The van der Waals surface area contributed by atoms with E-state index in [-0.39, 0.29) is 23.8 Å². The molecule has 0 amide bonds. The predicted molar refractivity (Wildman–Crippen MR) is 115 cm³/mol. The van der Waals surface area contributed by atoms with Crippen LogP contribution in [-0.4, -0.2) is 24.8 Å². The summed E-state index contributed by atoms with van der Waals surface area (Å²) in [7, 11) is -2.76. The zero-order valence-electron chi connectivity index (χ0n) is 16.3. The van der Waals surface area contributed by atoms with E-state index >= 15 is 0 Å². The molecule has 0 saturated carbocycles. The Morgan fingerprint density at radius 3 is 2.60 bits per heavy atom. The summed E-state index contributed by atoms with van der Waals surface area (Å²) in [4.78, 5) is 13.1. The maximum absolute atomic E-state index is 14.4. The Balaban J connectivity index is 2.13. The highest BCUT2D eigenvalue weighted by Gasteiger charge is 2.18. The van der Waals surface area contributed by atoms with E-state index in [0.717, 1.165) is 4.68 Å². The van der Waals surface area contributed by atoms with E-state index in [4.69, 9.17) is 16.3 Å². The van der Waals surface area contributed by atoms with Gasteiger partial charge in [0.2, 0.25) is 0 Å². The number of halogens is 2. The zero-order valence-corrected chi connectivity index (χ0v) is 18.0. The van der Waals surface area contributed by atoms with E-state index in [1.807, 2.05) is 13.8 Å². The third-order valence-electron chi connectivity index (χ3n) is 4.21. The van der Waals surface area contributed by atoms with Crippen molar-refractivity contribution in [2.75, 3.05) is 6.61 Å². The van der Waals surface area contributed by atoms with Gasteiger partial charge in [0.15, 0.2) is 5.75 Å². The first kappa shape index (κ1) is 22.0. The topological polar surface area (TPSA) is 78.3 Å². The van der Waals surface area contributed by atoms with Gasteiger partial charge in [-0.05, 0) is 35.7 Å². The number of ether oxygens (including phenoxy) is 1. The maximum Gasteiger partial charge on any atom is 0.314 e. The smallest absolute Gasteiger partial charge is 0.314 e. The number of hydrogen-bond acceptors (Lipinski definition) is 5. The number of hydrogen-bond donors (Lipinski definition) is 1. The highest BCUT2D eigenvalue weighted by molar-refractivity contribution is 7.71. The van der Waals surface area contributed by atoms with Crippen LogP contribution >= 0.6 is 11.6 Å². The molecule has 0 aliphatic heterocycles. The average molecular weight is 451 g/mol. The van der Waals surface area contributed by atoms with Crippen LogP contribution in [0.4, 0.5) is 4.39 Å². The van der Waals surface area contributed by atoms with Crippen LogP contribution < -0.4 is 10.3 Å². The molecule has 0 radical (unpaired) electrons. The monoisotopic (exact) mass is 450 g/mol. The van der Waals surface area contributed by atoms with Crippen molar-refractivity contribution in [3.05, 3.63) is 75.4 Å². The van der Waals surface area contributed by atoms with E-state index in [9.17, 15) is 17.6 Å². The van der Waals surface area contributed by atoms with Crippen molar-refractivity contribution in [3.63, 3.8) is 0 Å². The third kappa shape index (κ3) is 5.06. The van der Waals surface area contributed by atoms with Gasteiger partial charge in [-0.1, -0.05) is 43.6 Å². The SMILES string of the molecule is CC(C)COc1c(-c2ccc(C[SH](=O)=O)c(F)c2)cnn(-c2cccc(Cl)c2)c1=O. The molecule has 0 bridgehead atoms. The number of rotatable bonds is 7. The summed E-state index contributed by atoms with van der Waals surface area (Å²) in [5.41, 5.74) is 0.686. The molecule has 6 nitrogen and oxygen atoms in total. The summed E-state index contributed by atoms with van der Waals surface area (Å²) in [6.45, 7) is 4.16. The molecular weight excluding hydrogens is 431 g/mol. The molecular formula is C21H20ClFN2O4S. The van der Waals surface area contributed by atoms with Crippen molar-refractivity contribution < 1.29 is 17.5 Å². The Morgan fingerprint density at radius 1 is 1.20 bits per heavy atom. The van der Waals surface area contributed by atoms with Crippen molar-refractivity contribution in [2.45, 2.75) is 19.6 Å². The standard InChI is InChI=1S/C21H20ClFN2O4S/c1-13(2)11-29-20-18(14-6-7-15(12-30(27)28)19(23)8-14)10-24-25(21(20)26)17-5-3-4-16(22)9-17/h3-10,13,30H,11-12H2,1-2H3. The van der Waals surface area contributed by atoms with Crippen LogP contribution in [0.5, 0.6) is 5.75 Å². The van der Waals surface area contributed by atoms with Gasteiger partial charge >= 0.3 is 5.56 Å². The highest BCUT2D eigenvalue weighted by Crippen LogP contribution is 2.29. The molecule has 1 aromatic heterocycles. The second-order valence-electron chi connectivity index (χ2n) is 7.09. The fourth-order valence-electron chi connectivity index (χ4n) is 2.81. The number of nitrogens with zero attached hydrogens (tertiary/aromatic N) is 2. The van der Waals surface area contributed by atoms with E-state index < -0.39 is 27.8 Å². The fourth-order valence-corrected chi connectivity index (χ4v) is 3.53. The lowest BCUT2D eigenvalue weighted by atomic mass is 10.0. The van der Waals surface area contributed by atoms with Crippen LogP contribution in [0.25, 0.3) is 16.8 Å². The van der Waals surface area contributed by atoms with Gasteiger partial charge in [-0.2, -0.15) is 9.78 Å². The van der Waals surface area contributed by atoms with Gasteiger partial charge in [0.25, 0.3) is 0 Å². The molecule has 30 heavy (non-hydrogen) atoms. The molecule has 0 spiro atoms. The Morgan fingerprint density at radius 2 is 1.97 bits per heavy atom. The minimum absolute atomic E-state index is 0.0285. The Bertz CT molecular complexity index is 1200. The van der Waals surface area contributed by atoms with Crippen molar-refractivity contribution in [3.8, 4) is 22.6 Å². The number of aromatic nitrogens is 2. The Kier molecular flexibility index (Phi) is 6.89. The molecule has 158 valence electrons. The summed E-state index contributed by atoms with van der Waals surface area (Å²) >= 11 is 6.03. The first-order chi connectivity index (χ1) is 14.3. The molecule has 0 N–H and O–H groups in total. The first-order valence-corrected chi connectivity index (χ1v) is 10.9. The van der Waals surface area contributed by atoms with Crippen LogP contribution in [0, 0.1) is 11.7 Å². The van der Waals surface area contributed by atoms with Crippen molar-refractivity contribution >= 4 is 22.3 Å². The molecule has 0 aliphatic carbocycles. The van der Waals surface area contributed by atoms with Gasteiger partial charge in [-0.25, -0.2) is 12.8 Å². The van der Waals surface area contributed by atoms with E-state index in [1.165, 1.54) is 18.3 Å². The minimum Gasteiger partial charge on any atom is -0.487 e. The molecule has 0 atom stereocenters. The van der Waals surface area contributed by atoms with Crippen LogP contribution in [0.15, 0.2) is 53.5 Å². The van der Waals surface area contributed by atoms with Crippen LogP contribution in [0.2, 0.25) is 5.02 Å². The van der Waals surface area contributed by atoms with Gasteiger partial charge in [0, 0.05) is 16.1 Å². The lowest BCUT2D eigenvalue weighted by Gasteiger charge is -2.15. The lowest BCUT2D eigenvalue weighted by molar-refractivity contribution is 0.267. The number of thiol groups is 1. The third-order valence-corrected chi connectivity index (χ3v) is 5.04. The van der Waals surface area contributed by atoms with Crippen molar-refractivity contribution in [2.24, 2.45) is 5.92 Å². The van der Waals surface area contributed by atoms with Crippen LogP contribution in [0.1, 0.15) is 19.4 Å². The van der Waals surface area contributed by atoms with Gasteiger partial charge in [-0.3, -0.25) is 4.79 Å². The van der Waals surface area contributed by atoms with E-state index in [0.29, 0.717) is 21.8 Å². The molecule has 3 aromatic rings. The van der Waals surface area contributed by atoms with Gasteiger partial charge < -0.3 is 4.74 Å². The quantitative estimate of drug-likeness (QED) is 0.553. The molecule has 1 heterocycles. The second kappa shape index (κ2) is 9.40. The summed E-state index contributed by atoms with van der Waals surface area (Å²) in [6, 6.07) is 10.8. The molecule has 0 saturated heterocycles. The molecule has 0 unspecified atom stereocenters. The predicted octanol–water partition coefficient (Wildman–Crippen LogP) is 3.84.